The van der Waals surface area contributed by atoms with E-state index in [4.69, 9.17) is 10.2 Å². The molecule has 1 heterocycles. The van der Waals surface area contributed by atoms with Crippen LogP contribution in [0.1, 0.15) is 26.3 Å². The van der Waals surface area contributed by atoms with Crippen LogP contribution < -0.4 is 4.90 Å². The predicted octanol–water partition coefficient (Wildman–Crippen LogP) is 1.86. The number of anilines is 1. The average Bonchev–Trinajstić information content (AvgIpc) is 2.16. The number of rotatable bonds is 2. The molecule has 0 fully saturated rings. The van der Waals surface area contributed by atoms with Gasteiger partial charge in [-0.25, -0.2) is 9.78 Å². The largest absolute Gasteiger partial charge is 0.465 e. The highest BCUT2D eigenvalue weighted by molar-refractivity contribution is 5.86. The molecule has 0 atom stereocenters. The van der Waals surface area contributed by atoms with E-state index in [9.17, 15) is 4.79 Å². The summed E-state index contributed by atoms with van der Waals surface area (Å²) in [6, 6.07) is 3.24. The zero-order chi connectivity index (χ0) is 12.3. The van der Waals surface area contributed by atoms with E-state index in [1.165, 1.54) is 11.1 Å². The molecule has 5 heteroatoms. The van der Waals surface area contributed by atoms with Crippen LogP contribution in [-0.4, -0.2) is 26.8 Å². The van der Waals surface area contributed by atoms with Crippen molar-refractivity contribution < 1.29 is 15.0 Å². The first-order valence-electron chi connectivity index (χ1n) is 4.95. The Balaban J connectivity index is 3.07. The van der Waals surface area contributed by atoms with E-state index in [1.807, 2.05) is 0 Å². The first kappa shape index (κ1) is 12.4. The summed E-state index contributed by atoms with van der Waals surface area (Å²) in [5.74, 6) is 0.359. The SMILES string of the molecule is CC(C)(C)N(C(=O)O)c1ccc(CO)cn1. The van der Waals surface area contributed by atoms with Crippen LogP contribution in [0.5, 0.6) is 0 Å². The van der Waals surface area contributed by atoms with Crippen LogP contribution in [0.3, 0.4) is 0 Å². The normalized spacial score (nSPS) is 11.2. The Morgan fingerprint density at radius 1 is 1.44 bits per heavy atom. The van der Waals surface area contributed by atoms with Crippen molar-refractivity contribution in [3.05, 3.63) is 23.9 Å². The molecule has 1 rings (SSSR count). The van der Waals surface area contributed by atoms with Crippen LogP contribution in [0.4, 0.5) is 10.6 Å². The third kappa shape index (κ3) is 2.70. The monoisotopic (exact) mass is 224 g/mol. The van der Waals surface area contributed by atoms with Crippen molar-refractivity contribution in [2.24, 2.45) is 0 Å². The van der Waals surface area contributed by atoms with E-state index in [2.05, 4.69) is 4.98 Å². The van der Waals surface area contributed by atoms with Gasteiger partial charge in [0.05, 0.1) is 6.61 Å². The van der Waals surface area contributed by atoms with Crippen molar-refractivity contribution in [2.75, 3.05) is 4.90 Å². The molecule has 1 amide bonds. The zero-order valence-electron chi connectivity index (χ0n) is 9.64. The topological polar surface area (TPSA) is 73.7 Å². The Hall–Kier alpha value is -1.62. The molecule has 2 N–H and O–H groups in total. The Labute approximate surface area is 94.4 Å². The van der Waals surface area contributed by atoms with Crippen molar-refractivity contribution in [1.82, 2.24) is 4.98 Å². The van der Waals surface area contributed by atoms with Gasteiger partial charge in [0.25, 0.3) is 0 Å². The molecule has 0 saturated carbocycles. The van der Waals surface area contributed by atoms with E-state index >= 15 is 0 Å². The molecule has 0 aliphatic heterocycles. The zero-order valence-corrected chi connectivity index (χ0v) is 9.64. The number of nitrogens with zero attached hydrogens (tertiary/aromatic N) is 2. The molecule has 88 valence electrons. The highest BCUT2D eigenvalue weighted by Gasteiger charge is 2.28. The summed E-state index contributed by atoms with van der Waals surface area (Å²) >= 11 is 0. The number of carboxylic acid groups (broad SMARTS) is 1. The summed E-state index contributed by atoms with van der Waals surface area (Å²) < 4.78 is 0. The number of hydrogen-bond donors (Lipinski definition) is 2. The Bertz CT molecular complexity index is 368. The maximum Gasteiger partial charge on any atom is 0.413 e. The number of hydrogen-bond acceptors (Lipinski definition) is 3. The maximum absolute atomic E-state index is 11.1. The van der Waals surface area contributed by atoms with Crippen LogP contribution in [0, 0.1) is 0 Å². The fourth-order valence-electron chi connectivity index (χ4n) is 1.37. The lowest BCUT2D eigenvalue weighted by molar-refractivity contribution is 0.195. The summed E-state index contributed by atoms with van der Waals surface area (Å²) in [5.41, 5.74) is 0.0996. The number of carbonyl (C=O) groups is 1. The van der Waals surface area contributed by atoms with Crippen LogP contribution in [-0.2, 0) is 6.61 Å². The van der Waals surface area contributed by atoms with Gasteiger partial charge in [-0.05, 0) is 32.4 Å². The number of aliphatic hydroxyl groups is 1. The van der Waals surface area contributed by atoms with Gasteiger partial charge in [-0.2, -0.15) is 0 Å². The molecule has 0 bridgehead atoms. The van der Waals surface area contributed by atoms with E-state index in [-0.39, 0.29) is 6.61 Å². The lowest BCUT2D eigenvalue weighted by atomic mass is 10.1. The Morgan fingerprint density at radius 2 is 2.06 bits per heavy atom. The fourth-order valence-corrected chi connectivity index (χ4v) is 1.37. The van der Waals surface area contributed by atoms with Gasteiger partial charge in [-0.1, -0.05) is 6.07 Å². The quantitative estimate of drug-likeness (QED) is 0.804. The highest BCUT2D eigenvalue weighted by atomic mass is 16.4. The Morgan fingerprint density at radius 3 is 2.38 bits per heavy atom. The van der Waals surface area contributed by atoms with Crippen molar-refractivity contribution in [3.8, 4) is 0 Å². The first-order chi connectivity index (χ1) is 7.36. The minimum atomic E-state index is -1.04. The molecule has 0 saturated heterocycles. The fraction of sp³-hybridized carbons (Fsp3) is 0.455. The Kier molecular flexibility index (Phi) is 3.49. The summed E-state index contributed by atoms with van der Waals surface area (Å²) in [7, 11) is 0. The van der Waals surface area contributed by atoms with Gasteiger partial charge < -0.3 is 10.2 Å². The third-order valence-electron chi connectivity index (χ3n) is 2.08. The van der Waals surface area contributed by atoms with Crippen LogP contribution in [0.25, 0.3) is 0 Å². The first-order valence-corrected chi connectivity index (χ1v) is 4.95. The van der Waals surface area contributed by atoms with Crippen molar-refractivity contribution >= 4 is 11.9 Å². The molecule has 0 aliphatic carbocycles. The lowest BCUT2D eigenvalue weighted by Gasteiger charge is -2.32. The van der Waals surface area contributed by atoms with Crippen LogP contribution in [0.2, 0.25) is 0 Å². The highest BCUT2D eigenvalue weighted by Crippen LogP contribution is 2.21. The summed E-state index contributed by atoms with van der Waals surface area (Å²) in [6.45, 7) is 5.28. The summed E-state index contributed by atoms with van der Waals surface area (Å²) in [5, 5.41) is 18.0. The van der Waals surface area contributed by atoms with Crippen molar-refractivity contribution in [1.29, 1.82) is 0 Å². The van der Waals surface area contributed by atoms with Gasteiger partial charge in [0.1, 0.15) is 5.82 Å². The molecule has 0 spiro atoms. The molecule has 0 aliphatic rings. The second kappa shape index (κ2) is 4.49. The number of pyridine rings is 1. The average molecular weight is 224 g/mol. The second-order valence-corrected chi connectivity index (χ2v) is 4.47. The predicted molar refractivity (Wildman–Crippen MR) is 60.4 cm³/mol. The molecule has 5 nitrogen and oxygen atoms in total. The summed E-state index contributed by atoms with van der Waals surface area (Å²) in [4.78, 5) is 16.3. The lowest BCUT2D eigenvalue weighted by Crippen LogP contribution is -2.45. The van der Waals surface area contributed by atoms with Gasteiger partial charge in [0, 0.05) is 11.7 Å². The minimum Gasteiger partial charge on any atom is -0.465 e. The standard InChI is InChI=1S/C11H16N2O3/c1-11(2,3)13(10(15)16)9-5-4-8(7-14)6-12-9/h4-6,14H,7H2,1-3H3,(H,15,16). The molecular formula is C11H16N2O3. The molecule has 0 aromatic carbocycles. The molecule has 1 aromatic heterocycles. The minimum absolute atomic E-state index is 0.101. The van der Waals surface area contributed by atoms with E-state index < -0.39 is 11.6 Å². The van der Waals surface area contributed by atoms with E-state index in [1.54, 1.807) is 32.9 Å². The van der Waals surface area contributed by atoms with Gasteiger partial charge in [0.2, 0.25) is 0 Å². The number of aromatic nitrogens is 1. The smallest absolute Gasteiger partial charge is 0.413 e. The van der Waals surface area contributed by atoms with Gasteiger partial charge in [-0.3, -0.25) is 4.90 Å². The third-order valence-corrected chi connectivity index (χ3v) is 2.08. The molecule has 0 radical (unpaired) electrons. The molecule has 16 heavy (non-hydrogen) atoms. The van der Waals surface area contributed by atoms with Crippen LogP contribution >= 0.6 is 0 Å². The molecule has 1 aromatic rings. The van der Waals surface area contributed by atoms with E-state index in [0.29, 0.717) is 11.4 Å². The molecule has 0 unspecified atom stereocenters. The van der Waals surface area contributed by atoms with Gasteiger partial charge in [-0.15, -0.1) is 0 Å². The van der Waals surface area contributed by atoms with Gasteiger partial charge in [0.15, 0.2) is 0 Å². The maximum atomic E-state index is 11.1. The van der Waals surface area contributed by atoms with Gasteiger partial charge >= 0.3 is 6.09 Å². The van der Waals surface area contributed by atoms with Crippen molar-refractivity contribution in [3.63, 3.8) is 0 Å². The summed E-state index contributed by atoms with van der Waals surface area (Å²) in [6.07, 6.45) is 0.425. The molecular weight excluding hydrogens is 208 g/mol. The number of aliphatic hydroxyl groups excluding tert-OH is 1. The second-order valence-electron chi connectivity index (χ2n) is 4.47. The van der Waals surface area contributed by atoms with Crippen LogP contribution in [0.15, 0.2) is 18.3 Å². The number of amides is 1. The van der Waals surface area contributed by atoms with Crippen molar-refractivity contribution in [2.45, 2.75) is 32.9 Å². The van der Waals surface area contributed by atoms with E-state index in [0.717, 1.165) is 0 Å².